The maximum Gasteiger partial charge on any atom is 0.136 e. The fourth-order valence-electron chi connectivity index (χ4n) is 1.35. The molecule has 1 saturated carbocycles. The Bertz CT molecular complexity index is 431. The predicted molar refractivity (Wildman–Crippen MR) is 48.8 cm³/mol. The Balaban J connectivity index is 1.99. The monoisotopic (exact) mass is 174 g/mol. The van der Waals surface area contributed by atoms with Crippen molar-refractivity contribution in [1.82, 2.24) is 9.38 Å². The number of imidazole rings is 1. The number of aromatic nitrogens is 2. The minimum Gasteiger partial charge on any atom is -0.489 e. The van der Waals surface area contributed by atoms with Crippen molar-refractivity contribution in [3.8, 4) is 5.75 Å². The summed E-state index contributed by atoms with van der Waals surface area (Å²) in [5, 5.41) is 0. The Morgan fingerprint density at radius 2 is 2.31 bits per heavy atom. The molecule has 0 aliphatic heterocycles. The lowest BCUT2D eigenvalue weighted by molar-refractivity contribution is 0.301. The molecular weight excluding hydrogens is 164 g/mol. The van der Waals surface area contributed by atoms with Crippen LogP contribution in [0.2, 0.25) is 0 Å². The summed E-state index contributed by atoms with van der Waals surface area (Å²) in [4.78, 5) is 4.16. The molecule has 0 unspecified atom stereocenters. The average molecular weight is 174 g/mol. The van der Waals surface area contributed by atoms with Crippen molar-refractivity contribution in [2.45, 2.75) is 18.9 Å². The van der Waals surface area contributed by atoms with Crippen molar-refractivity contribution in [3.05, 3.63) is 30.7 Å². The smallest absolute Gasteiger partial charge is 0.136 e. The summed E-state index contributed by atoms with van der Waals surface area (Å²) in [6, 6.07) is 3.94. The van der Waals surface area contributed by atoms with Crippen LogP contribution in [0.3, 0.4) is 0 Å². The van der Waals surface area contributed by atoms with Gasteiger partial charge in [0, 0.05) is 12.4 Å². The summed E-state index contributed by atoms with van der Waals surface area (Å²) in [7, 11) is 0. The summed E-state index contributed by atoms with van der Waals surface area (Å²) in [6.07, 6.45) is 8.54. The molecule has 2 aromatic heterocycles. The van der Waals surface area contributed by atoms with Gasteiger partial charge in [0.1, 0.15) is 11.4 Å². The van der Waals surface area contributed by atoms with Gasteiger partial charge in [-0.3, -0.25) is 0 Å². The first-order valence-electron chi connectivity index (χ1n) is 4.51. The first kappa shape index (κ1) is 6.95. The van der Waals surface area contributed by atoms with Gasteiger partial charge in [-0.25, -0.2) is 4.98 Å². The van der Waals surface area contributed by atoms with Crippen LogP contribution in [0.25, 0.3) is 5.65 Å². The Hall–Kier alpha value is -1.51. The van der Waals surface area contributed by atoms with E-state index < -0.39 is 0 Å². The first-order valence-corrected chi connectivity index (χ1v) is 4.51. The van der Waals surface area contributed by atoms with E-state index in [2.05, 4.69) is 4.98 Å². The zero-order valence-corrected chi connectivity index (χ0v) is 7.18. The minimum absolute atomic E-state index is 0.459. The van der Waals surface area contributed by atoms with E-state index in [1.807, 2.05) is 28.9 Å². The lowest BCUT2D eigenvalue weighted by Gasteiger charge is -2.03. The molecule has 3 heteroatoms. The van der Waals surface area contributed by atoms with Crippen molar-refractivity contribution in [2.75, 3.05) is 0 Å². The molecule has 0 radical (unpaired) electrons. The molecule has 2 aromatic rings. The van der Waals surface area contributed by atoms with Crippen LogP contribution in [-0.4, -0.2) is 15.5 Å². The molecule has 13 heavy (non-hydrogen) atoms. The Morgan fingerprint density at radius 1 is 1.38 bits per heavy atom. The van der Waals surface area contributed by atoms with Crippen molar-refractivity contribution < 1.29 is 4.74 Å². The van der Waals surface area contributed by atoms with E-state index in [1.165, 1.54) is 12.8 Å². The quantitative estimate of drug-likeness (QED) is 0.694. The fraction of sp³-hybridized carbons (Fsp3) is 0.300. The van der Waals surface area contributed by atoms with Gasteiger partial charge in [0.2, 0.25) is 0 Å². The number of ether oxygens (including phenoxy) is 1. The summed E-state index contributed by atoms with van der Waals surface area (Å²) in [5.41, 5.74) is 0.961. The Morgan fingerprint density at radius 3 is 3.15 bits per heavy atom. The zero-order valence-electron chi connectivity index (χ0n) is 7.18. The largest absolute Gasteiger partial charge is 0.489 e. The van der Waals surface area contributed by atoms with Crippen LogP contribution in [0, 0.1) is 0 Å². The van der Waals surface area contributed by atoms with Crippen LogP contribution in [0.4, 0.5) is 0 Å². The number of nitrogens with zero attached hydrogens (tertiary/aromatic N) is 2. The van der Waals surface area contributed by atoms with Crippen molar-refractivity contribution >= 4 is 5.65 Å². The predicted octanol–water partition coefficient (Wildman–Crippen LogP) is 1.88. The summed E-state index contributed by atoms with van der Waals surface area (Å²) < 4.78 is 7.62. The van der Waals surface area contributed by atoms with Gasteiger partial charge >= 0.3 is 0 Å². The maximum absolute atomic E-state index is 5.65. The van der Waals surface area contributed by atoms with Crippen LogP contribution in [0.15, 0.2) is 30.7 Å². The van der Waals surface area contributed by atoms with E-state index in [4.69, 9.17) is 4.74 Å². The lowest BCUT2D eigenvalue weighted by atomic mass is 10.4. The molecule has 0 saturated heterocycles. The molecule has 3 rings (SSSR count). The highest BCUT2D eigenvalue weighted by molar-refractivity contribution is 5.41. The number of rotatable bonds is 2. The molecule has 1 aliphatic rings. The second-order valence-corrected chi connectivity index (χ2v) is 3.37. The SMILES string of the molecule is c1cn2cc(OC3CC3)ccc2n1. The minimum atomic E-state index is 0.459. The molecule has 0 spiro atoms. The maximum atomic E-state index is 5.65. The number of hydrogen-bond acceptors (Lipinski definition) is 2. The van der Waals surface area contributed by atoms with Gasteiger partial charge < -0.3 is 9.14 Å². The highest BCUT2D eigenvalue weighted by Crippen LogP contribution is 2.26. The molecule has 0 atom stereocenters. The van der Waals surface area contributed by atoms with E-state index in [0.717, 1.165) is 11.4 Å². The van der Waals surface area contributed by atoms with Gasteiger partial charge in [0.05, 0.1) is 12.3 Å². The number of hydrogen-bond donors (Lipinski definition) is 0. The van der Waals surface area contributed by atoms with Crippen molar-refractivity contribution in [2.24, 2.45) is 0 Å². The Kier molecular flexibility index (Phi) is 1.33. The third kappa shape index (κ3) is 1.26. The van der Waals surface area contributed by atoms with E-state index >= 15 is 0 Å². The molecule has 1 aliphatic carbocycles. The molecule has 3 nitrogen and oxygen atoms in total. The lowest BCUT2D eigenvalue weighted by Crippen LogP contribution is -1.96. The molecular formula is C10H10N2O. The third-order valence-electron chi connectivity index (χ3n) is 2.19. The van der Waals surface area contributed by atoms with Crippen LogP contribution in [0.1, 0.15) is 12.8 Å². The molecule has 0 N–H and O–H groups in total. The van der Waals surface area contributed by atoms with Gasteiger partial charge in [0.25, 0.3) is 0 Å². The third-order valence-corrected chi connectivity index (χ3v) is 2.19. The number of pyridine rings is 1. The van der Waals surface area contributed by atoms with Crippen LogP contribution in [0.5, 0.6) is 5.75 Å². The fourth-order valence-corrected chi connectivity index (χ4v) is 1.35. The topological polar surface area (TPSA) is 26.5 Å². The molecule has 0 amide bonds. The van der Waals surface area contributed by atoms with Gasteiger partial charge in [-0.15, -0.1) is 0 Å². The van der Waals surface area contributed by atoms with Crippen LogP contribution < -0.4 is 4.74 Å². The van der Waals surface area contributed by atoms with E-state index in [-0.39, 0.29) is 0 Å². The normalized spacial score (nSPS) is 16.3. The highest BCUT2D eigenvalue weighted by Gasteiger charge is 2.23. The molecule has 1 fully saturated rings. The second-order valence-electron chi connectivity index (χ2n) is 3.37. The van der Waals surface area contributed by atoms with Gasteiger partial charge in [-0.2, -0.15) is 0 Å². The zero-order chi connectivity index (χ0) is 8.67. The van der Waals surface area contributed by atoms with E-state index in [1.54, 1.807) is 6.20 Å². The van der Waals surface area contributed by atoms with Crippen LogP contribution in [-0.2, 0) is 0 Å². The standard InChI is InChI=1S/C10H10N2O/c1-2-8(1)13-9-3-4-10-11-5-6-12(10)7-9/h3-8H,1-2H2. The summed E-state index contributed by atoms with van der Waals surface area (Å²) in [6.45, 7) is 0. The average Bonchev–Trinajstić information content (AvgIpc) is 2.83. The van der Waals surface area contributed by atoms with Gasteiger partial charge in [0.15, 0.2) is 0 Å². The molecule has 0 bridgehead atoms. The van der Waals surface area contributed by atoms with Crippen LogP contribution >= 0.6 is 0 Å². The Labute approximate surface area is 76.0 Å². The van der Waals surface area contributed by atoms with Gasteiger partial charge in [-0.1, -0.05) is 0 Å². The summed E-state index contributed by atoms with van der Waals surface area (Å²) in [5.74, 6) is 0.938. The second kappa shape index (κ2) is 2.49. The van der Waals surface area contributed by atoms with E-state index in [9.17, 15) is 0 Å². The first-order chi connectivity index (χ1) is 6.42. The summed E-state index contributed by atoms with van der Waals surface area (Å²) >= 11 is 0. The molecule has 66 valence electrons. The van der Waals surface area contributed by atoms with Gasteiger partial charge in [-0.05, 0) is 25.0 Å². The van der Waals surface area contributed by atoms with Crippen molar-refractivity contribution in [1.29, 1.82) is 0 Å². The van der Waals surface area contributed by atoms with E-state index in [0.29, 0.717) is 6.10 Å². The van der Waals surface area contributed by atoms with Crippen molar-refractivity contribution in [3.63, 3.8) is 0 Å². The number of fused-ring (bicyclic) bond motifs is 1. The molecule has 2 heterocycles. The highest BCUT2D eigenvalue weighted by atomic mass is 16.5. The molecule has 0 aromatic carbocycles.